The predicted molar refractivity (Wildman–Crippen MR) is 98.3 cm³/mol. The van der Waals surface area contributed by atoms with Crippen molar-refractivity contribution < 1.29 is 15.0 Å². The molecule has 4 heterocycles. The SMILES string of the molecule is O=C(O)N1[C@@H]2CC[C@H]1C[C@]1(C[C@H]([C@@H]3c4ccccc4-c4cncn43)[C@@H]1O)C2. The molecule has 2 bridgehead atoms. The second-order valence-corrected chi connectivity index (χ2v) is 8.88. The monoisotopic (exact) mass is 365 g/mol. The van der Waals surface area contributed by atoms with Crippen LogP contribution in [0, 0.1) is 11.3 Å². The summed E-state index contributed by atoms with van der Waals surface area (Å²) < 4.78 is 2.21. The van der Waals surface area contributed by atoms with E-state index in [9.17, 15) is 15.0 Å². The van der Waals surface area contributed by atoms with Gasteiger partial charge < -0.3 is 19.7 Å². The minimum atomic E-state index is -0.796. The number of aliphatic hydroxyl groups excluding tert-OH is 1. The first-order valence-corrected chi connectivity index (χ1v) is 9.89. The molecule has 1 aliphatic carbocycles. The molecule has 2 saturated heterocycles. The van der Waals surface area contributed by atoms with E-state index in [0.29, 0.717) is 0 Å². The van der Waals surface area contributed by atoms with E-state index in [1.807, 2.05) is 12.5 Å². The zero-order valence-corrected chi connectivity index (χ0v) is 15.0. The van der Waals surface area contributed by atoms with E-state index in [1.165, 1.54) is 11.1 Å². The van der Waals surface area contributed by atoms with Gasteiger partial charge in [-0.05, 0) is 37.7 Å². The van der Waals surface area contributed by atoms with Crippen molar-refractivity contribution in [3.05, 3.63) is 42.4 Å². The lowest BCUT2D eigenvalue weighted by molar-refractivity contribution is -0.166. The molecule has 6 nitrogen and oxygen atoms in total. The summed E-state index contributed by atoms with van der Waals surface area (Å²) >= 11 is 0. The van der Waals surface area contributed by atoms with Crippen LogP contribution in [0.4, 0.5) is 4.79 Å². The van der Waals surface area contributed by atoms with E-state index >= 15 is 0 Å². The maximum absolute atomic E-state index is 11.6. The first kappa shape index (κ1) is 15.7. The number of hydrogen-bond donors (Lipinski definition) is 2. The Hall–Kier alpha value is -2.34. The Labute approximate surface area is 157 Å². The average Bonchev–Trinajstić information content (AvgIpc) is 3.32. The number of amides is 1. The number of nitrogens with zero attached hydrogens (tertiary/aromatic N) is 3. The van der Waals surface area contributed by atoms with Crippen molar-refractivity contribution in [2.45, 2.75) is 56.3 Å². The molecule has 6 rings (SSSR count). The van der Waals surface area contributed by atoms with Gasteiger partial charge in [0.25, 0.3) is 0 Å². The molecule has 1 aromatic heterocycles. The maximum Gasteiger partial charge on any atom is 0.407 e. The summed E-state index contributed by atoms with van der Waals surface area (Å²) in [4.78, 5) is 17.6. The molecule has 0 radical (unpaired) electrons. The van der Waals surface area contributed by atoms with Crippen molar-refractivity contribution in [3.63, 3.8) is 0 Å². The van der Waals surface area contributed by atoms with Crippen LogP contribution in [0.5, 0.6) is 0 Å². The second-order valence-electron chi connectivity index (χ2n) is 8.88. The summed E-state index contributed by atoms with van der Waals surface area (Å²) in [5.41, 5.74) is 3.51. The van der Waals surface area contributed by atoms with Crippen LogP contribution >= 0.6 is 0 Å². The van der Waals surface area contributed by atoms with Crippen LogP contribution in [0.3, 0.4) is 0 Å². The molecule has 1 saturated carbocycles. The van der Waals surface area contributed by atoms with Gasteiger partial charge in [0.2, 0.25) is 0 Å². The summed E-state index contributed by atoms with van der Waals surface area (Å²) in [7, 11) is 0. The van der Waals surface area contributed by atoms with Crippen molar-refractivity contribution in [2.24, 2.45) is 11.3 Å². The molecular formula is C21H23N3O3. The Morgan fingerprint density at radius 1 is 1.15 bits per heavy atom. The number of benzene rings is 1. The van der Waals surface area contributed by atoms with Crippen LogP contribution < -0.4 is 0 Å². The molecule has 2 aromatic rings. The lowest BCUT2D eigenvalue weighted by atomic mass is 9.51. The number of carbonyl (C=O) groups is 1. The third-order valence-electron chi connectivity index (χ3n) is 7.73. The number of aliphatic hydroxyl groups is 1. The number of hydrogen-bond acceptors (Lipinski definition) is 3. The highest BCUT2D eigenvalue weighted by molar-refractivity contribution is 5.69. The van der Waals surface area contributed by atoms with Crippen LogP contribution in [-0.2, 0) is 0 Å². The number of piperidine rings is 1. The van der Waals surface area contributed by atoms with Crippen LogP contribution in [0.15, 0.2) is 36.8 Å². The van der Waals surface area contributed by atoms with Crippen molar-refractivity contribution in [3.8, 4) is 11.3 Å². The molecular weight excluding hydrogens is 342 g/mol. The second kappa shape index (κ2) is 5.13. The standard InChI is InChI=1S/C21H23N3O3/c25-19-16(9-21(19)7-12-5-6-13(8-21)24(12)20(26)27)18-15-4-2-1-3-14(15)17-10-22-11-23(17)18/h1-4,10-13,16,18-19,25H,5-9H2,(H,26,27)/t12-,13+,16-,18+,19+,21+/m1/s1. The van der Waals surface area contributed by atoms with Gasteiger partial charge in [0, 0.05) is 29.0 Å². The molecule has 27 heavy (non-hydrogen) atoms. The molecule has 6 heteroatoms. The molecule has 0 unspecified atom stereocenters. The Kier molecular flexibility index (Phi) is 2.98. The topological polar surface area (TPSA) is 78.6 Å². The maximum atomic E-state index is 11.6. The van der Waals surface area contributed by atoms with Gasteiger partial charge in [-0.2, -0.15) is 0 Å². The Morgan fingerprint density at radius 3 is 2.59 bits per heavy atom. The molecule has 6 atom stereocenters. The Morgan fingerprint density at radius 2 is 1.89 bits per heavy atom. The largest absolute Gasteiger partial charge is 0.465 e. The highest BCUT2D eigenvalue weighted by atomic mass is 16.4. The number of imidazole rings is 1. The summed E-state index contributed by atoms with van der Waals surface area (Å²) in [6, 6.07) is 8.72. The quantitative estimate of drug-likeness (QED) is 0.814. The highest BCUT2D eigenvalue weighted by Gasteiger charge is 2.62. The third-order valence-corrected chi connectivity index (χ3v) is 7.73. The smallest absolute Gasteiger partial charge is 0.407 e. The number of fused-ring (bicyclic) bond motifs is 5. The molecule has 140 valence electrons. The lowest BCUT2D eigenvalue weighted by Gasteiger charge is -2.59. The van der Waals surface area contributed by atoms with Crippen LogP contribution in [0.2, 0.25) is 0 Å². The first-order valence-electron chi connectivity index (χ1n) is 9.89. The van der Waals surface area contributed by atoms with E-state index in [-0.39, 0.29) is 35.6 Å². The van der Waals surface area contributed by atoms with Gasteiger partial charge in [0.05, 0.1) is 30.4 Å². The van der Waals surface area contributed by atoms with Crippen molar-refractivity contribution in [1.82, 2.24) is 14.5 Å². The van der Waals surface area contributed by atoms with Crippen LogP contribution in [0.1, 0.15) is 43.7 Å². The lowest BCUT2D eigenvalue weighted by Crippen LogP contribution is -2.62. The van der Waals surface area contributed by atoms with Gasteiger partial charge in [-0.1, -0.05) is 24.3 Å². The van der Waals surface area contributed by atoms with Gasteiger partial charge in [0.15, 0.2) is 0 Å². The third kappa shape index (κ3) is 1.89. The van der Waals surface area contributed by atoms with Crippen molar-refractivity contribution in [2.75, 3.05) is 0 Å². The predicted octanol–water partition coefficient (Wildman–Crippen LogP) is 3.12. The van der Waals surface area contributed by atoms with Crippen LogP contribution in [0.25, 0.3) is 11.3 Å². The molecule has 1 amide bonds. The highest BCUT2D eigenvalue weighted by Crippen LogP contribution is 2.62. The summed E-state index contributed by atoms with van der Waals surface area (Å²) in [5, 5.41) is 20.8. The fourth-order valence-corrected chi connectivity index (χ4v) is 6.69. The minimum Gasteiger partial charge on any atom is -0.465 e. The van der Waals surface area contributed by atoms with Gasteiger partial charge in [-0.15, -0.1) is 0 Å². The molecule has 1 spiro atoms. The van der Waals surface area contributed by atoms with Crippen LogP contribution in [-0.4, -0.2) is 48.9 Å². The van der Waals surface area contributed by atoms with E-state index in [4.69, 9.17) is 0 Å². The fourth-order valence-electron chi connectivity index (χ4n) is 6.69. The molecule has 2 N–H and O–H groups in total. The molecule has 3 aliphatic heterocycles. The van der Waals surface area contributed by atoms with E-state index in [1.54, 1.807) is 4.90 Å². The van der Waals surface area contributed by atoms with Crippen molar-refractivity contribution >= 4 is 6.09 Å². The Bertz CT molecular complexity index is 924. The summed E-state index contributed by atoms with van der Waals surface area (Å²) in [6.45, 7) is 0. The van der Waals surface area contributed by atoms with E-state index in [0.717, 1.165) is 37.8 Å². The Balaban J connectivity index is 1.31. The normalized spacial score (nSPS) is 38.6. The average molecular weight is 365 g/mol. The van der Waals surface area contributed by atoms with Crippen molar-refractivity contribution in [1.29, 1.82) is 0 Å². The zero-order chi connectivity index (χ0) is 18.3. The summed E-state index contributed by atoms with van der Waals surface area (Å²) in [5.74, 6) is 0.164. The van der Waals surface area contributed by atoms with E-state index < -0.39 is 6.09 Å². The van der Waals surface area contributed by atoms with E-state index in [2.05, 4.69) is 33.8 Å². The molecule has 3 fully saturated rings. The number of aromatic nitrogens is 2. The number of carboxylic acid groups (broad SMARTS) is 1. The fraction of sp³-hybridized carbons (Fsp3) is 0.524. The van der Waals surface area contributed by atoms with Gasteiger partial charge in [0.1, 0.15) is 0 Å². The zero-order valence-electron chi connectivity index (χ0n) is 15.0. The summed E-state index contributed by atoms with van der Waals surface area (Å²) in [6.07, 6.45) is 7.06. The van der Waals surface area contributed by atoms with Gasteiger partial charge in [-0.3, -0.25) is 0 Å². The molecule has 1 aromatic carbocycles. The number of rotatable bonds is 1. The minimum absolute atomic E-state index is 0.0801. The first-order chi connectivity index (χ1) is 13.1. The molecule has 4 aliphatic rings. The van der Waals surface area contributed by atoms with Gasteiger partial charge >= 0.3 is 6.09 Å². The van der Waals surface area contributed by atoms with Gasteiger partial charge in [-0.25, -0.2) is 9.78 Å².